The van der Waals surface area contributed by atoms with Crippen LogP contribution in [0.3, 0.4) is 0 Å². The van der Waals surface area contributed by atoms with Gasteiger partial charge in [0.2, 0.25) is 5.91 Å². The van der Waals surface area contributed by atoms with Crippen LogP contribution in [0.1, 0.15) is 5.56 Å². The monoisotopic (exact) mass is 492 g/mol. The second-order valence-electron chi connectivity index (χ2n) is 7.68. The molecule has 2 heterocycles. The second-order valence-corrected chi connectivity index (χ2v) is 9.03. The Morgan fingerprint density at radius 3 is 2.71 bits per heavy atom. The zero-order valence-corrected chi connectivity index (χ0v) is 19.5. The Balaban J connectivity index is 1.55. The van der Waals surface area contributed by atoms with Crippen LogP contribution in [0.2, 0.25) is 5.02 Å². The first kappa shape index (κ1) is 22.2. The molecule has 0 bridgehead atoms. The van der Waals surface area contributed by atoms with Gasteiger partial charge in [-0.2, -0.15) is 0 Å². The van der Waals surface area contributed by atoms with Gasteiger partial charge in [0.25, 0.3) is 5.56 Å². The number of para-hydroxylation sites is 2. The number of halogens is 2. The topological polar surface area (TPSA) is 79.8 Å². The SMILES string of the molecule is Cc1ccc(NC(=O)CSc2nc3c([nH]c4ccccc43)c(=O)n2-c2ccccc2F)cc1Cl. The highest BCUT2D eigenvalue weighted by atomic mass is 35.5. The Bertz CT molecular complexity index is 1630. The Labute approximate surface area is 202 Å². The number of thioether (sulfide) groups is 1. The Hall–Kier alpha value is -3.62. The van der Waals surface area contributed by atoms with Crippen LogP contribution in [0.5, 0.6) is 0 Å². The number of aromatic nitrogens is 3. The molecule has 0 unspecified atom stereocenters. The van der Waals surface area contributed by atoms with E-state index >= 15 is 0 Å². The van der Waals surface area contributed by atoms with Crippen LogP contribution in [0.4, 0.5) is 10.1 Å². The van der Waals surface area contributed by atoms with E-state index in [1.54, 1.807) is 24.3 Å². The molecule has 0 aliphatic rings. The Kier molecular flexibility index (Phi) is 5.85. The minimum Gasteiger partial charge on any atom is -0.349 e. The van der Waals surface area contributed by atoms with E-state index in [0.717, 1.165) is 28.2 Å². The van der Waals surface area contributed by atoms with Gasteiger partial charge in [0.05, 0.1) is 11.4 Å². The molecule has 6 nitrogen and oxygen atoms in total. The zero-order valence-electron chi connectivity index (χ0n) is 17.9. The highest BCUT2D eigenvalue weighted by Gasteiger charge is 2.19. The summed E-state index contributed by atoms with van der Waals surface area (Å²) in [6.07, 6.45) is 0. The summed E-state index contributed by atoms with van der Waals surface area (Å²) < 4.78 is 15.9. The quantitative estimate of drug-likeness (QED) is 0.244. The summed E-state index contributed by atoms with van der Waals surface area (Å²) in [5.74, 6) is -0.916. The van der Waals surface area contributed by atoms with E-state index in [2.05, 4.69) is 15.3 Å². The predicted octanol–water partition coefficient (Wildman–Crippen LogP) is 5.70. The van der Waals surface area contributed by atoms with Crippen molar-refractivity contribution in [3.8, 4) is 5.69 Å². The molecule has 2 N–H and O–H groups in total. The number of rotatable bonds is 5. The minimum absolute atomic E-state index is 0.0414. The fourth-order valence-corrected chi connectivity index (χ4v) is 4.66. The first-order valence-corrected chi connectivity index (χ1v) is 11.8. The van der Waals surface area contributed by atoms with Crippen molar-refractivity contribution in [1.29, 1.82) is 0 Å². The molecule has 34 heavy (non-hydrogen) atoms. The van der Waals surface area contributed by atoms with E-state index in [0.29, 0.717) is 16.2 Å². The lowest BCUT2D eigenvalue weighted by atomic mass is 10.2. The molecule has 2 aromatic heterocycles. The molecule has 0 aliphatic carbocycles. The van der Waals surface area contributed by atoms with Crippen molar-refractivity contribution in [2.24, 2.45) is 0 Å². The van der Waals surface area contributed by atoms with Crippen LogP contribution >= 0.6 is 23.4 Å². The molecule has 170 valence electrons. The number of H-pyrrole nitrogens is 1. The Morgan fingerprint density at radius 1 is 1.15 bits per heavy atom. The molecule has 0 radical (unpaired) electrons. The standard InChI is InChI=1S/C25H18ClFN4O2S/c1-14-10-11-15(12-17(14)26)28-21(32)13-34-25-30-22-16-6-2-4-8-19(16)29-23(22)24(33)31(25)20-9-5-3-7-18(20)27/h2-12,29H,13H2,1H3,(H,28,32). The maximum absolute atomic E-state index is 14.7. The lowest BCUT2D eigenvalue weighted by Crippen LogP contribution is -2.23. The first-order chi connectivity index (χ1) is 16.4. The van der Waals surface area contributed by atoms with E-state index in [1.165, 1.54) is 16.7 Å². The molecule has 0 fully saturated rings. The molecule has 0 atom stereocenters. The van der Waals surface area contributed by atoms with E-state index in [4.69, 9.17) is 11.6 Å². The molecule has 9 heteroatoms. The van der Waals surface area contributed by atoms with Crippen LogP contribution in [-0.2, 0) is 4.79 Å². The number of aryl methyl sites for hydroxylation is 1. The average molecular weight is 493 g/mol. The van der Waals surface area contributed by atoms with Gasteiger partial charge in [-0.25, -0.2) is 9.37 Å². The number of anilines is 1. The number of fused-ring (bicyclic) bond motifs is 3. The maximum Gasteiger partial charge on any atom is 0.283 e. The number of benzene rings is 3. The van der Waals surface area contributed by atoms with E-state index in [9.17, 15) is 14.0 Å². The predicted molar refractivity (Wildman–Crippen MR) is 135 cm³/mol. The fraction of sp³-hybridized carbons (Fsp3) is 0.0800. The van der Waals surface area contributed by atoms with E-state index in [1.807, 2.05) is 37.3 Å². The minimum atomic E-state index is -0.567. The third-order valence-corrected chi connectivity index (χ3v) is 6.72. The van der Waals surface area contributed by atoms with Gasteiger partial charge in [0.1, 0.15) is 16.9 Å². The molecule has 0 saturated carbocycles. The van der Waals surface area contributed by atoms with Gasteiger partial charge in [0.15, 0.2) is 5.16 Å². The highest BCUT2D eigenvalue weighted by Crippen LogP contribution is 2.27. The number of hydrogen-bond acceptors (Lipinski definition) is 4. The third kappa shape index (κ3) is 4.06. The van der Waals surface area contributed by atoms with Gasteiger partial charge >= 0.3 is 0 Å². The van der Waals surface area contributed by atoms with Gasteiger partial charge in [-0.1, -0.05) is 59.8 Å². The van der Waals surface area contributed by atoms with E-state index in [-0.39, 0.29) is 28.0 Å². The fourth-order valence-electron chi connectivity index (χ4n) is 3.68. The largest absolute Gasteiger partial charge is 0.349 e. The van der Waals surface area contributed by atoms with Crippen LogP contribution in [0, 0.1) is 12.7 Å². The van der Waals surface area contributed by atoms with Crippen LogP contribution < -0.4 is 10.9 Å². The normalized spacial score (nSPS) is 11.3. The first-order valence-electron chi connectivity index (χ1n) is 10.4. The second kappa shape index (κ2) is 8.96. The van der Waals surface area contributed by atoms with Gasteiger partial charge in [-0.05, 0) is 42.8 Å². The summed E-state index contributed by atoms with van der Waals surface area (Å²) >= 11 is 7.19. The lowest BCUT2D eigenvalue weighted by molar-refractivity contribution is -0.113. The van der Waals surface area contributed by atoms with Crippen molar-refractivity contribution in [3.05, 3.63) is 93.5 Å². The molecule has 0 saturated heterocycles. The van der Waals surface area contributed by atoms with Crippen molar-refractivity contribution in [3.63, 3.8) is 0 Å². The summed E-state index contributed by atoms with van der Waals surface area (Å²) in [6, 6.07) is 18.6. The number of carbonyl (C=O) groups excluding carboxylic acids is 1. The molecule has 3 aromatic carbocycles. The Morgan fingerprint density at radius 2 is 1.91 bits per heavy atom. The molecule has 0 spiro atoms. The molecule has 0 aliphatic heterocycles. The van der Waals surface area contributed by atoms with E-state index < -0.39 is 11.4 Å². The number of amides is 1. The average Bonchev–Trinajstić information content (AvgIpc) is 3.20. The van der Waals surface area contributed by atoms with Gasteiger partial charge in [-0.15, -0.1) is 0 Å². The van der Waals surface area contributed by atoms with Crippen LogP contribution in [0.25, 0.3) is 27.6 Å². The molecular formula is C25H18ClFN4O2S. The summed E-state index contributed by atoms with van der Waals surface area (Å²) in [7, 11) is 0. The number of nitrogens with zero attached hydrogens (tertiary/aromatic N) is 2. The van der Waals surface area contributed by atoms with Crippen molar-refractivity contribution in [2.75, 3.05) is 11.1 Å². The number of aromatic amines is 1. The summed E-state index contributed by atoms with van der Waals surface area (Å²) in [5, 5.41) is 4.32. The van der Waals surface area contributed by atoms with Gasteiger partial charge < -0.3 is 10.3 Å². The number of carbonyl (C=O) groups is 1. The summed E-state index contributed by atoms with van der Waals surface area (Å²) in [5.41, 5.74) is 2.58. The van der Waals surface area contributed by atoms with Crippen LogP contribution in [0.15, 0.2) is 76.7 Å². The third-order valence-electron chi connectivity index (χ3n) is 5.38. The molecule has 1 amide bonds. The molecular weight excluding hydrogens is 475 g/mol. The van der Waals surface area contributed by atoms with Crippen molar-refractivity contribution >= 4 is 56.9 Å². The van der Waals surface area contributed by atoms with Gasteiger partial charge in [-0.3, -0.25) is 14.2 Å². The number of hydrogen-bond donors (Lipinski definition) is 2. The highest BCUT2D eigenvalue weighted by molar-refractivity contribution is 7.99. The summed E-state index contributed by atoms with van der Waals surface area (Å²) in [4.78, 5) is 33.9. The molecule has 5 aromatic rings. The summed E-state index contributed by atoms with van der Waals surface area (Å²) in [6.45, 7) is 1.87. The van der Waals surface area contributed by atoms with Crippen molar-refractivity contribution in [2.45, 2.75) is 12.1 Å². The smallest absolute Gasteiger partial charge is 0.283 e. The van der Waals surface area contributed by atoms with Gasteiger partial charge in [0, 0.05) is 21.6 Å². The van der Waals surface area contributed by atoms with Crippen molar-refractivity contribution < 1.29 is 9.18 Å². The maximum atomic E-state index is 14.7. The number of nitrogens with one attached hydrogen (secondary N) is 2. The lowest BCUT2D eigenvalue weighted by Gasteiger charge is -2.13. The van der Waals surface area contributed by atoms with Crippen molar-refractivity contribution in [1.82, 2.24) is 14.5 Å². The zero-order chi connectivity index (χ0) is 23.8. The van der Waals surface area contributed by atoms with Crippen LogP contribution in [-0.4, -0.2) is 26.2 Å². The molecule has 5 rings (SSSR count).